The number of hydrogen-bond acceptors (Lipinski definition) is 6. The van der Waals surface area contributed by atoms with Gasteiger partial charge in [-0.25, -0.2) is 4.68 Å². The first-order chi connectivity index (χ1) is 9.13. The summed E-state index contributed by atoms with van der Waals surface area (Å²) in [5.41, 5.74) is 0. The van der Waals surface area contributed by atoms with Crippen molar-refractivity contribution in [3.63, 3.8) is 0 Å². The summed E-state index contributed by atoms with van der Waals surface area (Å²) in [5, 5.41) is 18.3. The molecule has 0 aliphatic heterocycles. The maximum Gasteiger partial charge on any atom is 0.230 e. The van der Waals surface area contributed by atoms with Crippen molar-refractivity contribution < 1.29 is 4.79 Å². The smallest absolute Gasteiger partial charge is 0.230 e. The van der Waals surface area contributed by atoms with E-state index < -0.39 is 0 Å². The molecule has 19 heavy (non-hydrogen) atoms. The van der Waals surface area contributed by atoms with E-state index in [1.807, 2.05) is 6.92 Å². The molecule has 1 aromatic rings. The van der Waals surface area contributed by atoms with E-state index >= 15 is 0 Å². The third-order valence-electron chi connectivity index (χ3n) is 2.28. The Morgan fingerprint density at radius 1 is 1.42 bits per heavy atom. The minimum Gasteiger partial charge on any atom is -0.355 e. The number of aromatic nitrogens is 4. The predicted molar refractivity (Wildman–Crippen MR) is 75.0 cm³/mol. The molecule has 0 spiro atoms. The SMILES string of the molecule is CCCNC(=O)CSc1nnnn1CCNC(C)C. The molecular weight excluding hydrogens is 264 g/mol. The Bertz CT molecular complexity index is 381. The Morgan fingerprint density at radius 2 is 2.21 bits per heavy atom. The topological polar surface area (TPSA) is 84.7 Å². The number of nitrogens with zero attached hydrogens (tertiary/aromatic N) is 4. The standard InChI is InChI=1S/C11H22N6OS/c1-4-5-13-10(18)8-19-11-14-15-16-17(11)7-6-12-9(2)3/h9,12H,4-8H2,1-3H3,(H,13,18). The molecule has 1 rings (SSSR count). The zero-order valence-corrected chi connectivity index (χ0v) is 12.5. The van der Waals surface area contributed by atoms with Crippen LogP contribution in [0.1, 0.15) is 27.2 Å². The van der Waals surface area contributed by atoms with Gasteiger partial charge >= 0.3 is 0 Å². The van der Waals surface area contributed by atoms with Crippen LogP contribution < -0.4 is 10.6 Å². The van der Waals surface area contributed by atoms with Gasteiger partial charge in [-0.15, -0.1) is 5.10 Å². The third-order valence-corrected chi connectivity index (χ3v) is 3.24. The van der Waals surface area contributed by atoms with Crippen LogP contribution in [0.25, 0.3) is 0 Å². The summed E-state index contributed by atoms with van der Waals surface area (Å²) in [6.07, 6.45) is 0.940. The fourth-order valence-electron chi connectivity index (χ4n) is 1.34. The predicted octanol–water partition coefficient (Wildman–Crippen LogP) is 0.289. The molecule has 0 aliphatic carbocycles. The lowest BCUT2D eigenvalue weighted by Crippen LogP contribution is -2.27. The average Bonchev–Trinajstić information content (AvgIpc) is 2.81. The summed E-state index contributed by atoms with van der Waals surface area (Å²) >= 11 is 1.36. The van der Waals surface area contributed by atoms with Crippen LogP contribution >= 0.6 is 11.8 Å². The second-order valence-electron chi connectivity index (χ2n) is 4.43. The van der Waals surface area contributed by atoms with Crippen molar-refractivity contribution in [2.24, 2.45) is 0 Å². The summed E-state index contributed by atoms with van der Waals surface area (Å²) < 4.78 is 1.72. The highest BCUT2D eigenvalue weighted by Crippen LogP contribution is 2.12. The van der Waals surface area contributed by atoms with Gasteiger partial charge in [0.05, 0.1) is 12.3 Å². The number of thioether (sulfide) groups is 1. The maximum absolute atomic E-state index is 11.5. The third kappa shape index (κ3) is 6.53. The van der Waals surface area contributed by atoms with Gasteiger partial charge in [0.1, 0.15) is 0 Å². The molecule has 1 amide bonds. The number of carbonyl (C=O) groups is 1. The van der Waals surface area contributed by atoms with E-state index in [0.717, 1.165) is 13.0 Å². The van der Waals surface area contributed by atoms with E-state index in [1.54, 1.807) is 4.68 Å². The van der Waals surface area contributed by atoms with Crippen molar-refractivity contribution in [3.05, 3.63) is 0 Å². The van der Waals surface area contributed by atoms with Crippen molar-refractivity contribution in [1.82, 2.24) is 30.8 Å². The number of nitrogens with one attached hydrogen (secondary N) is 2. The molecule has 0 fully saturated rings. The van der Waals surface area contributed by atoms with E-state index in [9.17, 15) is 4.79 Å². The highest BCUT2D eigenvalue weighted by Gasteiger charge is 2.09. The highest BCUT2D eigenvalue weighted by atomic mass is 32.2. The second-order valence-corrected chi connectivity index (χ2v) is 5.37. The molecule has 1 heterocycles. The van der Waals surface area contributed by atoms with Crippen LogP contribution in [0.2, 0.25) is 0 Å². The lowest BCUT2D eigenvalue weighted by atomic mass is 10.4. The molecule has 108 valence electrons. The van der Waals surface area contributed by atoms with Crippen molar-refractivity contribution in [2.45, 2.75) is 44.9 Å². The van der Waals surface area contributed by atoms with Crippen molar-refractivity contribution >= 4 is 17.7 Å². The first kappa shape index (κ1) is 15.9. The molecular formula is C11H22N6OS. The van der Waals surface area contributed by atoms with E-state index in [2.05, 4.69) is 40.0 Å². The molecule has 0 saturated carbocycles. The molecule has 0 atom stereocenters. The van der Waals surface area contributed by atoms with Crippen LogP contribution in [0.3, 0.4) is 0 Å². The minimum absolute atomic E-state index is 0.0155. The lowest BCUT2D eigenvalue weighted by Gasteiger charge is -2.08. The van der Waals surface area contributed by atoms with E-state index in [1.165, 1.54) is 11.8 Å². The molecule has 0 bridgehead atoms. The lowest BCUT2D eigenvalue weighted by molar-refractivity contribution is -0.118. The van der Waals surface area contributed by atoms with Crippen LogP contribution in [0.5, 0.6) is 0 Å². The number of tetrazole rings is 1. The van der Waals surface area contributed by atoms with Gasteiger partial charge < -0.3 is 10.6 Å². The number of rotatable bonds is 9. The quantitative estimate of drug-likeness (QED) is 0.635. The van der Waals surface area contributed by atoms with Crippen LogP contribution in [0.15, 0.2) is 5.16 Å². The molecule has 1 aromatic heterocycles. The summed E-state index contributed by atoms with van der Waals surface area (Å²) in [6, 6.07) is 0.437. The number of carbonyl (C=O) groups excluding carboxylic acids is 1. The van der Waals surface area contributed by atoms with Gasteiger partial charge in [0.2, 0.25) is 11.1 Å². The van der Waals surface area contributed by atoms with Crippen LogP contribution in [-0.4, -0.2) is 51.0 Å². The van der Waals surface area contributed by atoms with Gasteiger partial charge in [-0.05, 0) is 16.8 Å². The van der Waals surface area contributed by atoms with Crippen molar-refractivity contribution in [3.8, 4) is 0 Å². The summed E-state index contributed by atoms with van der Waals surface area (Å²) in [6.45, 7) is 8.42. The van der Waals surface area contributed by atoms with Crippen molar-refractivity contribution in [1.29, 1.82) is 0 Å². The molecule has 0 radical (unpaired) electrons. The molecule has 0 aromatic carbocycles. The molecule has 8 heteroatoms. The zero-order valence-electron chi connectivity index (χ0n) is 11.7. The first-order valence-corrected chi connectivity index (χ1v) is 7.51. The fraction of sp³-hybridized carbons (Fsp3) is 0.818. The van der Waals surface area contributed by atoms with Gasteiger partial charge in [0.15, 0.2) is 0 Å². The number of amides is 1. The number of hydrogen-bond donors (Lipinski definition) is 2. The molecule has 0 unspecified atom stereocenters. The molecule has 2 N–H and O–H groups in total. The van der Waals surface area contributed by atoms with Crippen LogP contribution in [0, 0.1) is 0 Å². The highest BCUT2D eigenvalue weighted by molar-refractivity contribution is 7.99. The second kappa shape index (κ2) is 8.87. The zero-order chi connectivity index (χ0) is 14.1. The van der Waals surface area contributed by atoms with Crippen LogP contribution in [-0.2, 0) is 11.3 Å². The van der Waals surface area contributed by atoms with Crippen molar-refractivity contribution in [2.75, 3.05) is 18.8 Å². The van der Waals surface area contributed by atoms with E-state index in [4.69, 9.17) is 0 Å². The summed E-state index contributed by atoms with van der Waals surface area (Å²) in [7, 11) is 0. The fourth-order valence-corrected chi connectivity index (χ4v) is 2.08. The van der Waals surface area contributed by atoms with E-state index in [0.29, 0.717) is 30.0 Å². The Hall–Kier alpha value is -1.15. The Balaban J connectivity index is 2.33. The monoisotopic (exact) mass is 286 g/mol. The van der Waals surface area contributed by atoms with Gasteiger partial charge in [0.25, 0.3) is 0 Å². The Labute approximate surface area is 117 Å². The average molecular weight is 286 g/mol. The summed E-state index contributed by atoms with van der Waals surface area (Å²) in [4.78, 5) is 11.5. The molecule has 0 saturated heterocycles. The van der Waals surface area contributed by atoms with Gasteiger partial charge in [-0.3, -0.25) is 4.79 Å². The van der Waals surface area contributed by atoms with E-state index in [-0.39, 0.29) is 5.91 Å². The largest absolute Gasteiger partial charge is 0.355 e. The minimum atomic E-state index is 0.0155. The van der Waals surface area contributed by atoms with Gasteiger partial charge in [0, 0.05) is 19.1 Å². The Morgan fingerprint density at radius 3 is 2.89 bits per heavy atom. The maximum atomic E-state index is 11.5. The van der Waals surface area contributed by atoms with Gasteiger partial charge in [-0.2, -0.15) is 0 Å². The first-order valence-electron chi connectivity index (χ1n) is 6.52. The van der Waals surface area contributed by atoms with Gasteiger partial charge in [-0.1, -0.05) is 32.5 Å². The molecule has 7 nitrogen and oxygen atoms in total. The molecule has 0 aliphatic rings. The Kier molecular flexibility index (Phi) is 7.42. The normalized spacial score (nSPS) is 10.9. The summed E-state index contributed by atoms with van der Waals surface area (Å²) in [5.74, 6) is 0.361. The van der Waals surface area contributed by atoms with Crippen LogP contribution in [0.4, 0.5) is 0 Å².